The van der Waals surface area contributed by atoms with Crippen molar-refractivity contribution in [3.8, 4) is 11.5 Å². The highest BCUT2D eigenvalue weighted by Crippen LogP contribution is 2.33. The number of nitrogens with zero attached hydrogens (tertiary/aromatic N) is 6. The van der Waals surface area contributed by atoms with Crippen molar-refractivity contribution in [3.63, 3.8) is 0 Å². The molecule has 0 spiro atoms. The molecule has 8 nitrogen and oxygen atoms in total. The Morgan fingerprint density at radius 1 is 1.00 bits per heavy atom. The minimum atomic E-state index is 0.0272. The molecule has 30 heavy (non-hydrogen) atoms. The Morgan fingerprint density at radius 2 is 1.90 bits per heavy atom. The first-order valence-electron chi connectivity index (χ1n) is 10.9. The number of likely N-dealkylation sites (tertiary alicyclic amines) is 1. The average Bonchev–Trinajstić information content (AvgIpc) is 3.50. The van der Waals surface area contributed by atoms with Crippen LogP contribution in [0, 0.1) is 0 Å². The van der Waals surface area contributed by atoms with Crippen molar-refractivity contribution in [2.75, 3.05) is 6.54 Å². The maximum atomic E-state index is 13.0. The molecule has 4 heterocycles. The Balaban J connectivity index is 1.25. The summed E-state index contributed by atoms with van der Waals surface area (Å²) >= 11 is 0. The number of amides is 1. The van der Waals surface area contributed by atoms with Gasteiger partial charge in [0.15, 0.2) is 5.82 Å². The van der Waals surface area contributed by atoms with Crippen molar-refractivity contribution in [2.24, 2.45) is 0 Å². The number of carbonyl (C=O) groups is 1. The SMILES string of the molecule is O=C(CCc1nnc(-c2ccccc2)o1)N1CCC[C@@H]1c1nnc2n1CCCCC2. The van der Waals surface area contributed by atoms with Crippen molar-refractivity contribution in [1.82, 2.24) is 29.9 Å². The van der Waals surface area contributed by atoms with Gasteiger partial charge in [-0.2, -0.15) is 0 Å². The fraction of sp³-hybridized carbons (Fsp3) is 0.500. The van der Waals surface area contributed by atoms with Crippen molar-refractivity contribution < 1.29 is 9.21 Å². The van der Waals surface area contributed by atoms with Gasteiger partial charge in [-0.25, -0.2) is 0 Å². The molecule has 1 fully saturated rings. The van der Waals surface area contributed by atoms with Gasteiger partial charge in [0.2, 0.25) is 17.7 Å². The molecule has 0 aliphatic carbocycles. The standard InChI is InChI=1S/C22H26N6O2/c29-20(13-12-19-24-26-22(30-19)16-8-3-1-4-9-16)27-15-7-10-17(27)21-25-23-18-11-5-2-6-14-28(18)21/h1,3-4,8-9,17H,2,5-7,10-15H2/t17-/m1/s1. The zero-order valence-corrected chi connectivity index (χ0v) is 17.0. The molecule has 8 heteroatoms. The van der Waals surface area contributed by atoms with E-state index in [0.29, 0.717) is 24.6 Å². The number of hydrogen-bond donors (Lipinski definition) is 0. The lowest BCUT2D eigenvalue weighted by Crippen LogP contribution is -2.32. The molecule has 0 N–H and O–H groups in total. The summed E-state index contributed by atoms with van der Waals surface area (Å²) in [6, 6.07) is 9.69. The molecule has 0 unspecified atom stereocenters. The highest BCUT2D eigenvalue weighted by Gasteiger charge is 2.34. The molecule has 0 radical (unpaired) electrons. The van der Waals surface area contributed by atoms with E-state index in [1.165, 1.54) is 12.8 Å². The van der Waals surface area contributed by atoms with Gasteiger partial charge >= 0.3 is 0 Å². The average molecular weight is 406 g/mol. The Morgan fingerprint density at radius 3 is 2.80 bits per heavy atom. The number of rotatable bonds is 5. The summed E-state index contributed by atoms with van der Waals surface area (Å²) in [5.74, 6) is 3.13. The lowest BCUT2D eigenvalue weighted by atomic mass is 10.2. The predicted octanol–water partition coefficient (Wildman–Crippen LogP) is 3.35. The van der Waals surface area contributed by atoms with Crippen LogP contribution in [0.2, 0.25) is 0 Å². The molecule has 0 saturated carbocycles. The smallest absolute Gasteiger partial charge is 0.247 e. The first-order valence-corrected chi connectivity index (χ1v) is 10.9. The van der Waals surface area contributed by atoms with Gasteiger partial charge in [0.1, 0.15) is 5.82 Å². The third-order valence-electron chi connectivity index (χ3n) is 6.05. The van der Waals surface area contributed by atoms with Crippen molar-refractivity contribution in [1.29, 1.82) is 0 Å². The molecule has 0 bridgehead atoms. The van der Waals surface area contributed by atoms with Gasteiger partial charge in [-0.05, 0) is 37.8 Å². The van der Waals surface area contributed by atoms with Gasteiger partial charge in [0.25, 0.3) is 0 Å². The van der Waals surface area contributed by atoms with E-state index in [9.17, 15) is 4.79 Å². The minimum absolute atomic E-state index is 0.0272. The Labute approximate surface area is 175 Å². The van der Waals surface area contributed by atoms with E-state index in [-0.39, 0.29) is 11.9 Å². The lowest BCUT2D eigenvalue weighted by molar-refractivity contribution is -0.132. The number of hydrogen-bond acceptors (Lipinski definition) is 6. The van der Waals surface area contributed by atoms with Crippen LogP contribution in [0.1, 0.15) is 62.1 Å². The number of aryl methyl sites for hydroxylation is 2. The summed E-state index contributed by atoms with van der Waals surface area (Å²) < 4.78 is 8.01. The van der Waals surface area contributed by atoms with Gasteiger partial charge in [-0.3, -0.25) is 4.79 Å². The van der Waals surface area contributed by atoms with Crippen molar-refractivity contribution >= 4 is 5.91 Å². The van der Waals surface area contributed by atoms with E-state index < -0.39 is 0 Å². The maximum absolute atomic E-state index is 13.0. The zero-order chi connectivity index (χ0) is 20.3. The van der Waals surface area contributed by atoms with E-state index in [2.05, 4.69) is 25.0 Å². The third-order valence-corrected chi connectivity index (χ3v) is 6.05. The van der Waals surface area contributed by atoms with E-state index >= 15 is 0 Å². The zero-order valence-electron chi connectivity index (χ0n) is 17.0. The Hall–Kier alpha value is -3.03. The molecule has 2 aliphatic heterocycles. The van der Waals surface area contributed by atoms with Gasteiger partial charge in [0.05, 0.1) is 6.04 Å². The Kier molecular flexibility index (Phi) is 5.29. The molecule has 1 saturated heterocycles. The fourth-order valence-corrected chi connectivity index (χ4v) is 4.50. The third kappa shape index (κ3) is 3.74. The van der Waals surface area contributed by atoms with Gasteiger partial charge in [0, 0.05) is 37.9 Å². The molecule has 1 amide bonds. The fourth-order valence-electron chi connectivity index (χ4n) is 4.50. The largest absolute Gasteiger partial charge is 0.421 e. The van der Waals surface area contributed by atoms with E-state index in [1.807, 2.05) is 35.2 Å². The van der Waals surface area contributed by atoms with Gasteiger partial charge in [-0.15, -0.1) is 20.4 Å². The predicted molar refractivity (Wildman–Crippen MR) is 109 cm³/mol. The topological polar surface area (TPSA) is 89.9 Å². The van der Waals surface area contributed by atoms with Crippen LogP contribution in [-0.2, 0) is 24.2 Å². The van der Waals surface area contributed by atoms with Crippen LogP contribution in [-0.4, -0.2) is 42.3 Å². The second-order valence-corrected chi connectivity index (χ2v) is 8.05. The van der Waals surface area contributed by atoms with Crippen LogP contribution < -0.4 is 0 Å². The maximum Gasteiger partial charge on any atom is 0.247 e. The van der Waals surface area contributed by atoms with Crippen molar-refractivity contribution in [2.45, 2.75) is 64.0 Å². The van der Waals surface area contributed by atoms with Crippen LogP contribution in [0.5, 0.6) is 0 Å². The molecule has 1 aromatic carbocycles. The normalized spacial score (nSPS) is 18.9. The van der Waals surface area contributed by atoms with Crippen LogP contribution >= 0.6 is 0 Å². The van der Waals surface area contributed by atoms with Crippen LogP contribution in [0.4, 0.5) is 0 Å². The molecule has 3 aromatic rings. The van der Waals surface area contributed by atoms with Gasteiger partial charge in [-0.1, -0.05) is 24.6 Å². The van der Waals surface area contributed by atoms with Crippen LogP contribution in [0.25, 0.3) is 11.5 Å². The monoisotopic (exact) mass is 406 g/mol. The number of carbonyl (C=O) groups excluding carboxylic acids is 1. The van der Waals surface area contributed by atoms with E-state index in [0.717, 1.165) is 56.0 Å². The minimum Gasteiger partial charge on any atom is -0.421 e. The second kappa shape index (κ2) is 8.38. The first-order chi connectivity index (χ1) is 14.8. The molecule has 1 atom stereocenters. The summed E-state index contributed by atoms with van der Waals surface area (Å²) in [4.78, 5) is 15.0. The van der Waals surface area contributed by atoms with E-state index in [4.69, 9.17) is 4.42 Å². The van der Waals surface area contributed by atoms with E-state index in [1.54, 1.807) is 0 Å². The van der Waals surface area contributed by atoms with Crippen molar-refractivity contribution in [3.05, 3.63) is 47.9 Å². The molecular weight excluding hydrogens is 380 g/mol. The first kappa shape index (κ1) is 19.0. The number of benzene rings is 1. The highest BCUT2D eigenvalue weighted by molar-refractivity contribution is 5.77. The summed E-state index contributed by atoms with van der Waals surface area (Å²) in [7, 11) is 0. The Bertz CT molecular complexity index is 1010. The molecular formula is C22H26N6O2. The second-order valence-electron chi connectivity index (χ2n) is 8.05. The highest BCUT2D eigenvalue weighted by atomic mass is 16.4. The number of aromatic nitrogens is 5. The summed E-state index contributed by atoms with van der Waals surface area (Å²) in [5, 5.41) is 17.1. The summed E-state index contributed by atoms with van der Waals surface area (Å²) in [6.45, 7) is 1.73. The molecule has 2 aromatic heterocycles. The van der Waals surface area contributed by atoms with Crippen LogP contribution in [0.3, 0.4) is 0 Å². The molecule has 5 rings (SSSR count). The number of fused-ring (bicyclic) bond motifs is 1. The quantitative estimate of drug-likeness (QED) is 0.645. The summed E-state index contributed by atoms with van der Waals surface area (Å²) in [6.07, 6.45) is 7.27. The summed E-state index contributed by atoms with van der Waals surface area (Å²) in [5.41, 5.74) is 0.884. The van der Waals surface area contributed by atoms with Gasteiger partial charge < -0.3 is 13.9 Å². The van der Waals surface area contributed by atoms with Crippen LogP contribution in [0.15, 0.2) is 34.7 Å². The molecule has 156 valence electrons. The molecule has 2 aliphatic rings. The lowest BCUT2D eigenvalue weighted by Gasteiger charge is -2.24.